The van der Waals surface area contributed by atoms with Gasteiger partial charge in [0.25, 0.3) is 0 Å². The summed E-state index contributed by atoms with van der Waals surface area (Å²) in [6.07, 6.45) is 3.13. The summed E-state index contributed by atoms with van der Waals surface area (Å²) in [7, 11) is 0. The summed E-state index contributed by atoms with van der Waals surface area (Å²) in [5.74, 6) is 0.230. The summed E-state index contributed by atoms with van der Waals surface area (Å²) in [5.41, 5.74) is -0.169. The van der Waals surface area contributed by atoms with Gasteiger partial charge in [0.15, 0.2) is 5.78 Å². The SMILES string of the molecule is CCCCC(=O)c1cccnc1NC(=O)OC(C)(C)C. The van der Waals surface area contributed by atoms with Gasteiger partial charge in [-0.15, -0.1) is 0 Å². The van der Waals surface area contributed by atoms with Gasteiger partial charge >= 0.3 is 6.09 Å². The number of aromatic nitrogens is 1. The molecule has 1 rings (SSSR count). The fraction of sp³-hybridized carbons (Fsp3) is 0.533. The Bertz CT molecular complexity index is 478. The van der Waals surface area contributed by atoms with E-state index in [4.69, 9.17) is 4.74 Å². The first-order chi connectivity index (χ1) is 9.33. The number of hydrogen-bond donors (Lipinski definition) is 1. The zero-order valence-corrected chi connectivity index (χ0v) is 12.5. The molecule has 1 N–H and O–H groups in total. The normalized spacial score (nSPS) is 11.0. The van der Waals surface area contributed by atoms with E-state index in [1.807, 2.05) is 6.92 Å². The summed E-state index contributed by atoms with van der Waals surface area (Å²) < 4.78 is 5.16. The lowest BCUT2D eigenvalue weighted by Crippen LogP contribution is -2.28. The first kappa shape index (κ1) is 16.1. The van der Waals surface area contributed by atoms with Crippen LogP contribution >= 0.6 is 0 Å². The number of carbonyl (C=O) groups excluding carboxylic acids is 2. The summed E-state index contributed by atoms with van der Waals surface area (Å²) in [4.78, 5) is 27.8. The number of amides is 1. The van der Waals surface area contributed by atoms with E-state index in [0.717, 1.165) is 12.8 Å². The van der Waals surface area contributed by atoms with Crippen LogP contribution in [-0.4, -0.2) is 22.5 Å². The predicted octanol–water partition coefficient (Wildman–Crippen LogP) is 3.80. The lowest BCUT2D eigenvalue weighted by molar-refractivity contribution is 0.0635. The van der Waals surface area contributed by atoms with Crippen LogP contribution in [0.25, 0.3) is 0 Å². The van der Waals surface area contributed by atoms with E-state index in [1.165, 1.54) is 6.20 Å². The van der Waals surface area contributed by atoms with E-state index < -0.39 is 11.7 Å². The molecule has 0 aliphatic heterocycles. The third-order valence-corrected chi connectivity index (χ3v) is 2.48. The van der Waals surface area contributed by atoms with Crippen LogP contribution in [0.3, 0.4) is 0 Å². The second kappa shape index (κ2) is 7.03. The number of ether oxygens (including phenoxy) is 1. The lowest BCUT2D eigenvalue weighted by Gasteiger charge is -2.19. The molecule has 1 aromatic rings. The summed E-state index contributed by atoms with van der Waals surface area (Å²) >= 11 is 0. The highest BCUT2D eigenvalue weighted by molar-refractivity contribution is 6.02. The molecule has 0 radical (unpaired) electrons. The van der Waals surface area contributed by atoms with Crippen LogP contribution in [0.5, 0.6) is 0 Å². The number of ketones is 1. The minimum absolute atomic E-state index is 0.0222. The number of anilines is 1. The Labute approximate surface area is 119 Å². The van der Waals surface area contributed by atoms with Crippen molar-refractivity contribution in [3.05, 3.63) is 23.9 Å². The molecule has 0 spiro atoms. The standard InChI is InChI=1S/C15H22N2O3/c1-5-6-9-12(18)11-8-7-10-16-13(11)17-14(19)20-15(2,3)4/h7-8,10H,5-6,9H2,1-4H3,(H,16,17,19). The Morgan fingerprint density at radius 2 is 2.05 bits per heavy atom. The van der Waals surface area contributed by atoms with Gasteiger partial charge in [-0.2, -0.15) is 0 Å². The average molecular weight is 278 g/mol. The third-order valence-electron chi connectivity index (χ3n) is 2.48. The minimum atomic E-state index is -0.610. The fourth-order valence-electron chi connectivity index (χ4n) is 1.60. The first-order valence-electron chi connectivity index (χ1n) is 6.81. The van der Waals surface area contributed by atoms with E-state index in [9.17, 15) is 9.59 Å². The van der Waals surface area contributed by atoms with Crippen molar-refractivity contribution in [3.8, 4) is 0 Å². The van der Waals surface area contributed by atoms with Crippen molar-refractivity contribution >= 4 is 17.7 Å². The quantitative estimate of drug-likeness (QED) is 0.832. The van der Waals surface area contributed by atoms with E-state index in [1.54, 1.807) is 32.9 Å². The zero-order valence-electron chi connectivity index (χ0n) is 12.5. The Morgan fingerprint density at radius 1 is 1.35 bits per heavy atom. The van der Waals surface area contributed by atoms with Gasteiger partial charge in [-0.1, -0.05) is 13.3 Å². The average Bonchev–Trinajstić information content (AvgIpc) is 2.34. The molecule has 0 saturated heterocycles. The van der Waals surface area contributed by atoms with Crippen molar-refractivity contribution in [1.29, 1.82) is 0 Å². The van der Waals surface area contributed by atoms with Gasteiger partial charge in [0.2, 0.25) is 0 Å². The number of rotatable bonds is 5. The molecule has 0 aliphatic rings. The Balaban J connectivity index is 2.80. The fourth-order valence-corrected chi connectivity index (χ4v) is 1.60. The third kappa shape index (κ3) is 5.38. The molecule has 1 heterocycles. The maximum atomic E-state index is 12.1. The molecule has 110 valence electrons. The molecule has 5 heteroatoms. The van der Waals surface area contributed by atoms with E-state index in [-0.39, 0.29) is 11.6 Å². The second-order valence-electron chi connectivity index (χ2n) is 5.55. The number of carbonyl (C=O) groups is 2. The molecule has 0 aliphatic carbocycles. The number of hydrogen-bond acceptors (Lipinski definition) is 4. The van der Waals surface area contributed by atoms with Gasteiger partial charge in [-0.05, 0) is 39.3 Å². The molecular weight excluding hydrogens is 256 g/mol. The van der Waals surface area contributed by atoms with Crippen LogP contribution in [0.2, 0.25) is 0 Å². The highest BCUT2D eigenvalue weighted by Gasteiger charge is 2.19. The second-order valence-corrected chi connectivity index (χ2v) is 5.55. The van der Waals surface area contributed by atoms with Crippen molar-refractivity contribution < 1.29 is 14.3 Å². The molecule has 0 unspecified atom stereocenters. The topological polar surface area (TPSA) is 68.3 Å². The molecule has 0 saturated carbocycles. The highest BCUT2D eigenvalue weighted by Crippen LogP contribution is 2.17. The summed E-state index contributed by atoms with van der Waals surface area (Å²) in [5, 5.41) is 2.53. The van der Waals surface area contributed by atoms with Crippen LogP contribution in [0.1, 0.15) is 57.3 Å². The largest absolute Gasteiger partial charge is 0.444 e. The van der Waals surface area contributed by atoms with Crippen LogP contribution in [0.15, 0.2) is 18.3 Å². The van der Waals surface area contributed by atoms with E-state index in [2.05, 4.69) is 10.3 Å². The Morgan fingerprint density at radius 3 is 2.65 bits per heavy atom. The Hall–Kier alpha value is -1.91. The summed E-state index contributed by atoms with van der Waals surface area (Å²) in [6.45, 7) is 7.35. The van der Waals surface area contributed by atoms with Gasteiger partial charge in [0.05, 0.1) is 5.56 Å². The van der Waals surface area contributed by atoms with Gasteiger partial charge in [0, 0.05) is 12.6 Å². The maximum absolute atomic E-state index is 12.1. The predicted molar refractivity (Wildman–Crippen MR) is 77.9 cm³/mol. The molecule has 0 bridgehead atoms. The lowest BCUT2D eigenvalue weighted by atomic mass is 10.1. The Kier molecular flexibility index (Phi) is 5.67. The number of nitrogens with zero attached hydrogens (tertiary/aromatic N) is 1. The van der Waals surface area contributed by atoms with Gasteiger partial charge in [0.1, 0.15) is 11.4 Å². The molecular formula is C15H22N2O3. The minimum Gasteiger partial charge on any atom is -0.444 e. The van der Waals surface area contributed by atoms with Crippen LogP contribution in [0.4, 0.5) is 10.6 Å². The number of nitrogens with one attached hydrogen (secondary N) is 1. The summed E-state index contributed by atoms with van der Waals surface area (Å²) in [6, 6.07) is 3.34. The molecule has 0 atom stereocenters. The number of Topliss-reactive ketones (excluding diaryl/α,β-unsaturated/α-hetero) is 1. The smallest absolute Gasteiger partial charge is 0.413 e. The van der Waals surface area contributed by atoms with Crippen LogP contribution in [0, 0.1) is 0 Å². The van der Waals surface area contributed by atoms with Gasteiger partial charge in [-0.3, -0.25) is 10.1 Å². The number of pyridine rings is 1. The van der Waals surface area contributed by atoms with Crippen molar-refractivity contribution in [3.63, 3.8) is 0 Å². The van der Waals surface area contributed by atoms with Crippen molar-refractivity contribution in [2.75, 3.05) is 5.32 Å². The maximum Gasteiger partial charge on any atom is 0.413 e. The molecule has 20 heavy (non-hydrogen) atoms. The van der Waals surface area contributed by atoms with Crippen LogP contribution in [-0.2, 0) is 4.74 Å². The first-order valence-corrected chi connectivity index (χ1v) is 6.81. The zero-order chi connectivity index (χ0) is 15.2. The molecule has 0 aromatic carbocycles. The van der Waals surface area contributed by atoms with Crippen LogP contribution < -0.4 is 5.32 Å². The van der Waals surface area contributed by atoms with Crippen molar-refractivity contribution in [2.45, 2.75) is 52.6 Å². The van der Waals surface area contributed by atoms with Crippen molar-refractivity contribution in [2.24, 2.45) is 0 Å². The van der Waals surface area contributed by atoms with E-state index >= 15 is 0 Å². The van der Waals surface area contributed by atoms with Gasteiger partial charge < -0.3 is 4.74 Å². The van der Waals surface area contributed by atoms with Crippen molar-refractivity contribution in [1.82, 2.24) is 4.98 Å². The molecule has 5 nitrogen and oxygen atoms in total. The van der Waals surface area contributed by atoms with Gasteiger partial charge in [-0.25, -0.2) is 9.78 Å². The monoisotopic (exact) mass is 278 g/mol. The molecule has 1 amide bonds. The molecule has 0 fully saturated rings. The van der Waals surface area contributed by atoms with E-state index in [0.29, 0.717) is 12.0 Å². The highest BCUT2D eigenvalue weighted by atomic mass is 16.6. The molecule has 1 aromatic heterocycles. The number of unbranched alkanes of at least 4 members (excludes halogenated alkanes) is 1.